The summed E-state index contributed by atoms with van der Waals surface area (Å²) in [4.78, 5) is 10.9. The lowest BCUT2D eigenvalue weighted by Gasteiger charge is -1.93. The number of carbonyl (C=O) groups is 1. The standard InChI is InChI=1S/C23H34O2/c1-3-4-5-6-7-8-9-10-11-12-13-14-15-16-17-18-19-20-21-22-23(24)25-2/h4-5,7-8,10-11,13-14,16-17,19-20H,3,6,9,12,15,18,21-22H2,1-2H3/b5-4-,8-7-,11-10-,14-13-,17-16-,20-19+. The van der Waals surface area contributed by atoms with Gasteiger partial charge in [0.05, 0.1) is 7.11 Å². The Bertz CT molecular complexity index is 476. The Labute approximate surface area is 154 Å². The first-order chi connectivity index (χ1) is 12.3. The molecular weight excluding hydrogens is 308 g/mol. The lowest BCUT2D eigenvalue weighted by molar-refractivity contribution is -0.140. The van der Waals surface area contributed by atoms with Gasteiger partial charge < -0.3 is 4.74 Å². The Hall–Kier alpha value is -2.09. The van der Waals surface area contributed by atoms with Crippen LogP contribution in [0.2, 0.25) is 0 Å². The van der Waals surface area contributed by atoms with Gasteiger partial charge in [0, 0.05) is 6.42 Å². The zero-order valence-corrected chi connectivity index (χ0v) is 15.9. The van der Waals surface area contributed by atoms with Gasteiger partial charge in [0.25, 0.3) is 0 Å². The fourth-order valence-corrected chi connectivity index (χ4v) is 1.94. The molecule has 0 aliphatic heterocycles. The van der Waals surface area contributed by atoms with Crippen molar-refractivity contribution in [1.82, 2.24) is 0 Å². The quantitative estimate of drug-likeness (QED) is 0.261. The summed E-state index contributed by atoms with van der Waals surface area (Å²) in [6.07, 6.45) is 33.3. The van der Waals surface area contributed by atoms with Crippen LogP contribution in [0, 0.1) is 0 Å². The average molecular weight is 343 g/mol. The molecule has 0 saturated heterocycles. The number of methoxy groups -OCH3 is 1. The molecule has 0 bridgehead atoms. The summed E-state index contributed by atoms with van der Waals surface area (Å²) < 4.78 is 4.58. The summed E-state index contributed by atoms with van der Waals surface area (Å²) in [7, 11) is 1.42. The molecule has 0 aliphatic carbocycles. The maximum absolute atomic E-state index is 10.9. The second-order valence-corrected chi connectivity index (χ2v) is 5.53. The molecule has 0 aromatic rings. The van der Waals surface area contributed by atoms with Crippen LogP contribution in [0.4, 0.5) is 0 Å². The Kier molecular flexibility index (Phi) is 18.3. The first-order valence-corrected chi connectivity index (χ1v) is 9.28. The van der Waals surface area contributed by atoms with E-state index in [0.717, 1.165) is 44.9 Å². The second kappa shape index (κ2) is 20.0. The van der Waals surface area contributed by atoms with Gasteiger partial charge in [-0.3, -0.25) is 4.79 Å². The molecule has 0 aromatic heterocycles. The summed E-state index contributed by atoms with van der Waals surface area (Å²) in [5.74, 6) is -0.153. The van der Waals surface area contributed by atoms with E-state index in [0.29, 0.717) is 6.42 Å². The SMILES string of the molecule is CC/C=C\C/C=C\C/C=C\C/C=C\C/C=C\C/C=C/CCC(=O)OC. The molecule has 0 saturated carbocycles. The molecule has 0 aliphatic rings. The van der Waals surface area contributed by atoms with Crippen molar-refractivity contribution in [2.24, 2.45) is 0 Å². The zero-order chi connectivity index (χ0) is 18.4. The molecule has 0 atom stereocenters. The molecule has 0 heterocycles. The van der Waals surface area contributed by atoms with E-state index in [2.05, 4.69) is 78.5 Å². The van der Waals surface area contributed by atoms with Crippen LogP contribution in [-0.2, 0) is 9.53 Å². The van der Waals surface area contributed by atoms with Crippen LogP contribution in [0.25, 0.3) is 0 Å². The summed E-state index contributed by atoms with van der Waals surface area (Å²) in [6.45, 7) is 2.15. The van der Waals surface area contributed by atoms with Crippen molar-refractivity contribution < 1.29 is 9.53 Å². The number of ether oxygens (including phenoxy) is 1. The molecule has 0 unspecified atom stereocenters. The minimum Gasteiger partial charge on any atom is -0.469 e. The number of allylic oxidation sites excluding steroid dienone is 12. The van der Waals surface area contributed by atoms with Crippen molar-refractivity contribution in [3.05, 3.63) is 72.9 Å². The number of hydrogen-bond acceptors (Lipinski definition) is 2. The lowest BCUT2D eigenvalue weighted by Crippen LogP contribution is -1.97. The molecule has 0 radical (unpaired) electrons. The fourth-order valence-electron chi connectivity index (χ4n) is 1.94. The van der Waals surface area contributed by atoms with Gasteiger partial charge in [-0.1, -0.05) is 79.8 Å². The highest BCUT2D eigenvalue weighted by Crippen LogP contribution is 1.98. The normalized spacial score (nSPS) is 12.9. The van der Waals surface area contributed by atoms with Gasteiger partial charge >= 0.3 is 5.97 Å². The van der Waals surface area contributed by atoms with Crippen LogP contribution in [0.5, 0.6) is 0 Å². The van der Waals surface area contributed by atoms with E-state index in [1.165, 1.54) is 7.11 Å². The topological polar surface area (TPSA) is 26.3 Å². The van der Waals surface area contributed by atoms with Crippen LogP contribution in [0.15, 0.2) is 72.9 Å². The van der Waals surface area contributed by atoms with E-state index >= 15 is 0 Å². The van der Waals surface area contributed by atoms with E-state index in [1.54, 1.807) is 0 Å². The highest BCUT2D eigenvalue weighted by molar-refractivity contribution is 5.69. The predicted molar refractivity (Wildman–Crippen MR) is 109 cm³/mol. The Morgan fingerprint density at radius 3 is 1.36 bits per heavy atom. The van der Waals surface area contributed by atoms with Crippen molar-refractivity contribution in [2.75, 3.05) is 7.11 Å². The molecule has 0 fully saturated rings. The lowest BCUT2D eigenvalue weighted by atomic mass is 10.2. The van der Waals surface area contributed by atoms with E-state index in [1.807, 2.05) is 6.08 Å². The van der Waals surface area contributed by atoms with Crippen LogP contribution in [-0.4, -0.2) is 13.1 Å². The Balaban J connectivity index is 3.53. The Morgan fingerprint density at radius 1 is 0.640 bits per heavy atom. The maximum Gasteiger partial charge on any atom is 0.305 e. The number of hydrogen-bond donors (Lipinski definition) is 0. The van der Waals surface area contributed by atoms with Gasteiger partial charge in [0.2, 0.25) is 0 Å². The highest BCUT2D eigenvalue weighted by atomic mass is 16.5. The first-order valence-electron chi connectivity index (χ1n) is 9.28. The molecule has 0 rings (SSSR count). The van der Waals surface area contributed by atoms with Gasteiger partial charge in [0.1, 0.15) is 0 Å². The third-order valence-corrected chi connectivity index (χ3v) is 3.34. The summed E-state index contributed by atoms with van der Waals surface area (Å²) in [5, 5.41) is 0. The summed E-state index contributed by atoms with van der Waals surface area (Å²) in [5.41, 5.74) is 0. The third kappa shape index (κ3) is 19.9. The van der Waals surface area contributed by atoms with Crippen molar-refractivity contribution in [3.63, 3.8) is 0 Å². The van der Waals surface area contributed by atoms with E-state index in [9.17, 15) is 4.79 Å². The van der Waals surface area contributed by atoms with Gasteiger partial charge in [-0.05, 0) is 44.9 Å². The zero-order valence-electron chi connectivity index (χ0n) is 15.9. The molecule has 0 spiro atoms. The molecule has 0 aromatic carbocycles. The monoisotopic (exact) mass is 342 g/mol. The van der Waals surface area contributed by atoms with Gasteiger partial charge in [0.15, 0.2) is 0 Å². The van der Waals surface area contributed by atoms with Crippen LogP contribution in [0.3, 0.4) is 0 Å². The van der Waals surface area contributed by atoms with Crippen LogP contribution >= 0.6 is 0 Å². The van der Waals surface area contributed by atoms with E-state index in [4.69, 9.17) is 0 Å². The van der Waals surface area contributed by atoms with Crippen molar-refractivity contribution in [2.45, 2.75) is 58.3 Å². The molecule has 138 valence electrons. The van der Waals surface area contributed by atoms with E-state index in [-0.39, 0.29) is 5.97 Å². The van der Waals surface area contributed by atoms with E-state index < -0.39 is 0 Å². The number of rotatable bonds is 14. The molecule has 25 heavy (non-hydrogen) atoms. The highest BCUT2D eigenvalue weighted by Gasteiger charge is 1.94. The average Bonchev–Trinajstić information content (AvgIpc) is 2.63. The molecule has 0 amide bonds. The van der Waals surface area contributed by atoms with Crippen LogP contribution < -0.4 is 0 Å². The summed E-state index contributed by atoms with van der Waals surface area (Å²) >= 11 is 0. The Morgan fingerprint density at radius 2 is 1.00 bits per heavy atom. The fraction of sp³-hybridized carbons (Fsp3) is 0.435. The summed E-state index contributed by atoms with van der Waals surface area (Å²) in [6, 6.07) is 0. The predicted octanol–water partition coefficient (Wildman–Crippen LogP) is 6.64. The van der Waals surface area contributed by atoms with Crippen molar-refractivity contribution in [3.8, 4) is 0 Å². The first kappa shape index (κ1) is 22.9. The number of esters is 1. The largest absolute Gasteiger partial charge is 0.469 e. The maximum atomic E-state index is 10.9. The second-order valence-electron chi connectivity index (χ2n) is 5.53. The van der Waals surface area contributed by atoms with Crippen LogP contribution in [0.1, 0.15) is 58.3 Å². The van der Waals surface area contributed by atoms with Gasteiger partial charge in [-0.15, -0.1) is 0 Å². The van der Waals surface area contributed by atoms with Crippen molar-refractivity contribution in [1.29, 1.82) is 0 Å². The minimum atomic E-state index is -0.153. The smallest absolute Gasteiger partial charge is 0.305 e. The third-order valence-electron chi connectivity index (χ3n) is 3.34. The molecule has 2 heteroatoms. The van der Waals surface area contributed by atoms with Gasteiger partial charge in [-0.25, -0.2) is 0 Å². The minimum absolute atomic E-state index is 0.153. The van der Waals surface area contributed by atoms with Gasteiger partial charge in [-0.2, -0.15) is 0 Å². The van der Waals surface area contributed by atoms with Crippen molar-refractivity contribution >= 4 is 5.97 Å². The molecule has 0 N–H and O–H groups in total. The molecule has 2 nitrogen and oxygen atoms in total. The number of carbonyl (C=O) groups excluding carboxylic acids is 1. The molecular formula is C23H34O2.